The van der Waals surface area contributed by atoms with Crippen LogP contribution in [0.5, 0.6) is 0 Å². The van der Waals surface area contributed by atoms with Crippen molar-refractivity contribution in [1.29, 1.82) is 0 Å². The highest BCUT2D eigenvalue weighted by Crippen LogP contribution is 2.46. The molecule has 1 aromatic rings. The summed E-state index contributed by atoms with van der Waals surface area (Å²) in [6.07, 6.45) is 6.98. The molecule has 1 saturated heterocycles. The highest BCUT2D eigenvalue weighted by molar-refractivity contribution is 6.30. The van der Waals surface area contributed by atoms with Gasteiger partial charge >= 0.3 is 0 Å². The number of halogens is 1. The van der Waals surface area contributed by atoms with Crippen molar-refractivity contribution in [2.24, 2.45) is 5.41 Å². The molecule has 2 atom stereocenters. The molecule has 1 N–H and O–H groups in total. The maximum atomic E-state index is 8.36. The number of methoxy groups -OCH3 is 1. The van der Waals surface area contributed by atoms with E-state index in [1.807, 2.05) is 19.2 Å². The summed E-state index contributed by atoms with van der Waals surface area (Å²) >= 11 is 6.09. The standard InChI is InChI=1S/C17H24ClNO.CH2O2/c1-20-16-7-3-8-17(16)9-4-10-19(13-17)12-14-5-2-6-15(18)11-14;2-1-3/h2,5-6,11,16H,3-4,7-10,12-13H2,1H3;1H,(H,2,3)/t16-,17-;/m1./s1. The van der Waals surface area contributed by atoms with Crippen LogP contribution >= 0.6 is 11.6 Å². The second-order valence-corrected chi connectivity index (χ2v) is 6.96. The van der Waals surface area contributed by atoms with Gasteiger partial charge in [0, 0.05) is 30.6 Å². The van der Waals surface area contributed by atoms with Gasteiger partial charge in [-0.3, -0.25) is 9.69 Å². The Bertz CT molecular complexity index is 511. The third-order valence-corrected chi connectivity index (χ3v) is 5.33. The monoisotopic (exact) mass is 339 g/mol. The first-order valence-electron chi connectivity index (χ1n) is 8.21. The third-order valence-electron chi connectivity index (χ3n) is 5.09. The molecule has 1 aromatic carbocycles. The number of carbonyl (C=O) groups is 1. The number of piperidine rings is 1. The molecule has 4 nitrogen and oxygen atoms in total. The zero-order chi connectivity index (χ0) is 16.7. The lowest BCUT2D eigenvalue weighted by Gasteiger charge is -2.43. The molecule has 2 fully saturated rings. The average molecular weight is 340 g/mol. The van der Waals surface area contributed by atoms with Crippen molar-refractivity contribution in [3.63, 3.8) is 0 Å². The maximum Gasteiger partial charge on any atom is 0.290 e. The van der Waals surface area contributed by atoms with E-state index in [4.69, 9.17) is 26.2 Å². The zero-order valence-corrected chi connectivity index (χ0v) is 14.5. The van der Waals surface area contributed by atoms with Gasteiger partial charge < -0.3 is 9.84 Å². The van der Waals surface area contributed by atoms with Gasteiger partial charge in [0.1, 0.15) is 0 Å². The molecule has 1 aliphatic carbocycles. The van der Waals surface area contributed by atoms with E-state index in [0.717, 1.165) is 11.6 Å². The number of nitrogens with zero attached hydrogens (tertiary/aromatic N) is 1. The molecule has 23 heavy (non-hydrogen) atoms. The minimum atomic E-state index is -0.250. The van der Waals surface area contributed by atoms with Gasteiger partial charge in [0.05, 0.1) is 6.10 Å². The van der Waals surface area contributed by atoms with Crippen LogP contribution in [-0.2, 0) is 16.1 Å². The summed E-state index contributed by atoms with van der Waals surface area (Å²) in [6.45, 7) is 3.14. The van der Waals surface area contributed by atoms with Crippen molar-refractivity contribution in [3.05, 3.63) is 34.9 Å². The van der Waals surface area contributed by atoms with Gasteiger partial charge in [-0.1, -0.05) is 30.2 Å². The number of likely N-dealkylation sites (tertiary alicyclic amines) is 1. The van der Waals surface area contributed by atoms with Crippen molar-refractivity contribution in [3.8, 4) is 0 Å². The van der Waals surface area contributed by atoms with Crippen LogP contribution < -0.4 is 0 Å². The van der Waals surface area contributed by atoms with Crippen molar-refractivity contribution in [1.82, 2.24) is 4.90 Å². The summed E-state index contributed by atoms with van der Waals surface area (Å²) in [5.41, 5.74) is 1.73. The van der Waals surface area contributed by atoms with E-state index in [-0.39, 0.29) is 6.47 Å². The predicted molar refractivity (Wildman–Crippen MR) is 91.7 cm³/mol. The summed E-state index contributed by atoms with van der Waals surface area (Å²) in [5.74, 6) is 0. The van der Waals surface area contributed by atoms with Crippen LogP contribution in [0, 0.1) is 5.41 Å². The van der Waals surface area contributed by atoms with Crippen molar-refractivity contribution in [2.45, 2.75) is 44.8 Å². The first-order valence-corrected chi connectivity index (χ1v) is 8.59. The van der Waals surface area contributed by atoms with Crippen LogP contribution in [0.1, 0.15) is 37.7 Å². The van der Waals surface area contributed by atoms with E-state index in [2.05, 4.69) is 17.0 Å². The lowest BCUT2D eigenvalue weighted by Crippen LogP contribution is -2.47. The van der Waals surface area contributed by atoms with Gasteiger partial charge in [0.2, 0.25) is 0 Å². The summed E-state index contributed by atoms with van der Waals surface area (Å²) in [5, 5.41) is 7.73. The number of carboxylic acid groups (broad SMARTS) is 1. The van der Waals surface area contributed by atoms with E-state index >= 15 is 0 Å². The fourth-order valence-electron chi connectivity index (χ4n) is 4.23. The Balaban J connectivity index is 0.000000595. The molecule has 1 heterocycles. The van der Waals surface area contributed by atoms with E-state index < -0.39 is 0 Å². The SMILES string of the molecule is CO[C@@H]1CCC[C@]12CCCN(Cc1cccc(Cl)c1)C2.O=CO. The lowest BCUT2D eigenvalue weighted by molar-refractivity contribution is -0.122. The highest BCUT2D eigenvalue weighted by Gasteiger charge is 2.45. The summed E-state index contributed by atoms with van der Waals surface area (Å²) in [4.78, 5) is 11.0. The predicted octanol–water partition coefficient (Wildman–Crippen LogP) is 3.82. The first-order chi connectivity index (χ1) is 11.1. The van der Waals surface area contributed by atoms with Gasteiger partial charge in [-0.05, 0) is 49.9 Å². The van der Waals surface area contributed by atoms with Crippen LogP contribution in [0.3, 0.4) is 0 Å². The molecule has 1 spiro atoms. The molecule has 0 amide bonds. The summed E-state index contributed by atoms with van der Waals surface area (Å²) in [7, 11) is 1.88. The van der Waals surface area contributed by atoms with E-state index in [0.29, 0.717) is 11.5 Å². The quantitative estimate of drug-likeness (QED) is 0.850. The third kappa shape index (κ3) is 4.69. The van der Waals surface area contributed by atoms with E-state index in [1.54, 1.807) is 0 Å². The second-order valence-electron chi connectivity index (χ2n) is 6.53. The maximum absolute atomic E-state index is 8.36. The molecule has 1 saturated carbocycles. The molecule has 0 bridgehead atoms. The van der Waals surface area contributed by atoms with Crippen LogP contribution in [-0.4, -0.2) is 42.8 Å². The first kappa shape index (κ1) is 18.2. The van der Waals surface area contributed by atoms with E-state index in [1.165, 1.54) is 50.8 Å². The smallest absolute Gasteiger partial charge is 0.290 e. The highest BCUT2D eigenvalue weighted by atomic mass is 35.5. The molecular weight excluding hydrogens is 314 g/mol. The number of ether oxygens (including phenoxy) is 1. The second kappa shape index (κ2) is 8.67. The van der Waals surface area contributed by atoms with Gasteiger partial charge in [-0.2, -0.15) is 0 Å². The molecule has 0 radical (unpaired) electrons. The number of hydrogen-bond acceptors (Lipinski definition) is 3. The lowest BCUT2D eigenvalue weighted by atomic mass is 9.76. The largest absolute Gasteiger partial charge is 0.483 e. The van der Waals surface area contributed by atoms with Crippen LogP contribution in [0.15, 0.2) is 24.3 Å². The van der Waals surface area contributed by atoms with Crippen molar-refractivity contribution >= 4 is 18.1 Å². The fraction of sp³-hybridized carbons (Fsp3) is 0.611. The molecule has 128 valence electrons. The minimum Gasteiger partial charge on any atom is -0.483 e. The Morgan fingerprint density at radius 3 is 2.87 bits per heavy atom. The van der Waals surface area contributed by atoms with Crippen LogP contribution in [0.25, 0.3) is 0 Å². The topological polar surface area (TPSA) is 49.8 Å². The molecule has 3 rings (SSSR count). The van der Waals surface area contributed by atoms with E-state index in [9.17, 15) is 0 Å². The normalized spacial score (nSPS) is 27.5. The number of benzene rings is 1. The Hall–Kier alpha value is -1.10. The molecule has 0 aromatic heterocycles. The fourth-order valence-corrected chi connectivity index (χ4v) is 4.44. The molecule has 0 unspecified atom stereocenters. The number of hydrogen-bond donors (Lipinski definition) is 1. The summed E-state index contributed by atoms with van der Waals surface area (Å²) in [6, 6.07) is 8.26. The zero-order valence-electron chi connectivity index (χ0n) is 13.7. The van der Waals surface area contributed by atoms with Crippen molar-refractivity contribution in [2.75, 3.05) is 20.2 Å². The Labute approximate surface area is 143 Å². The van der Waals surface area contributed by atoms with Gasteiger partial charge in [-0.15, -0.1) is 0 Å². The Kier molecular flexibility index (Phi) is 6.88. The van der Waals surface area contributed by atoms with Crippen molar-refractivity contribution < 1.29 is 14.6 Å². The molecule has 5 heteroatoms. The number of rotatable bonds is 3. The Morgan fingerprint density at radius 2 is 2.17 bits per heavy atom. The Morgan fingerprint density at radius 1 is 1.43 bits per heavy atom. The van der Waals surface area contributed by atoms with Gasteiger partial charge in [0.25, 0.3) is 6.47 Å². The molecule has 1 aliphatic heterocycles. The van der Waals surface area contributed by atoms with Gasteiger partial charge in [-0.25, -0.2) is 0 Å². The average Bonchev–Trinajstić information content (AvgIpc) is 2.90. The summed E-state index contributed by atoms with van der Waals surface area (Å²) < 4.78 is 5.77. The molecule has 2 aliphatic rings. The van der Waals surface area contributed by atoms with Crippen LogP contribution in [0.2, 0.25) is 5.02 Å². The minimum absolute atomic E-state index is 0.250. The molecular formula is C18H26ClNO3. The van der Waals surface area contributed by atoms with Gasteiger partial charge in [0.15, 0.2) is 0 Å². The van der Waals surface area contributed by atoms with Crippen LogP contribution in [0.4, 0.5) is 0 Å².